The van der Waals surface area contributed by atoms with Crippen molar-refractivity contribution < 1.29 is 14.3 Å². The highest BCUT2D eigenvalue weighted by molar-refractivity contribution is 5.80. The van der Waals surface area contributed by atoms with Gasteiger partial charge < -0.3 is 10.4 Å². The Balaban J connectivity index is 1.32. The third-order valence-corrected chi connectivity index (χ3v) is 5.39. The van der Waals surface area contributed by atoms with Crippen molar-refractivity contribution in [2.45, 2.75) is 31.9 Å². The lowest BCUT2D eigenvalue weighted by Gasteiger charge is -2.35. The summed E-state index contributed by atoms with van der Waals surface area (Å²) in [5.74, 6) is 0.198. The van der Waals surface area contributed by atoms with Crippen molar-refractivity contribution in [1.29, 1.82) is 0 Å². The number of nitrogens with zero attached hydrogens (tertiary/aromatic N) is 2. The number of rotatable bonds is 5. The molecule has 0 spiro atoms. The van der Waals surface area contributed by atoms with Crippen molar-refractivity contribution in [1.82, 2.24) is 15.2 Å². The fraction of sp³-hybridized carbons (Fsp3) is 0.500. The summed E-state index contributed by atoms with van der Waals surface area (Å²) in [4.78, 5) is 18.5. The Morgan fingerprint density at radius 3 is 2.88 bits per heavy atom. The van der Waals surface area contributed by atoms with Gasteiger partial charge in [-0.1, -0.05) is 6.07 Å². The molecule has 1 aliphatic carbocycles. The van der Waals surface area contributed by atoms with Gasteiger partial charge in [-0.05, 0) is 50.1 Å². The van der Waals surface area contributed by atoms with Gasteiger partial charge in [-0.2, -0.15) is 0 Å². The van der Waals surface area contributed by atoms with E-state index >= 15 is 0 Å². The van der Waals surface area contributed by atoms with Crippen LogP contribution in [0.15, 0.2) is 30.3 Å². The van der Waals surface area contributed by atoms with Crippen LogP contribution in [-0.2, 0) is 11.3 Å². The van der Waals surface area contributed by atoms with Crippen molar-refractivity contribution in [2.75, 3.05) is 19.6 Å². The minimum Gasteiger partial charge on any atom is -0.391 e. The van der Waals surface area contributed by atoms with E-state index in [-0.39, 0.29) is 23.6 Å². The van der Waals surface area contributed by atoms with E-state index in [2.05, 4.69) is 15.2 Å². The first-order valence-electron chi connectivity index (χ1n) is 9.32. The van der Waals surface area contributed by atoms with Gasteiger partial charge in [0.1, 0.15) is 5.82 Å². The summed E-state index contributed by atoms with van der Waals surface area (Å²) >= 11 is 0. The average molecular weight is 357 g/mol. The predicted molar refractivity (Wildman–Crippen MR) is 96.8 cm³/mol. The van der Waals surface area contributed by atoms with Crippen LogP contribution in [0.1, 0.15) is 25.0 Å². The van der Waals surface area contributed by atoms with Crippen molar-refractivity contribution in [2.24, 2.45) is 11.8 Å². The normalized spacial score (nSPS) is 23.9. The molecule has 2 aliphatic rings. The molecule has 1 aliphatic heterocycles. The molecule has 1 saturated carbocycles. The number of hydrogen-bond donors (Lipinski definition) is 2. The van der Waals surface area contributed by atoms with E-state index in [1.807, 2.05) is 12.1 Å². The molecule has 5 nitrogen and oxygen atoms in total. The van der Waals surface area contributed by atoms with Gasteiger partial charge in [0.05, 0.1) is 17.3 Å². The molecule has 4 rings (SSSR count). The SMILES string of the molecule is O=C(NC[C@@H]1CCN(Cc2ccc3cc(F)ccc3n2)C[C@H]1O)C1CC1. The summed E-state index contributed by atoms with van der Waals surface area (Å²) in [6, 6.07) is 8.40. The van der Waals surface area contributed by atoms with Crippen molar-refractivity contribution >= 4 is 16.8 Å². The third kappa shape index (κ3) is 4.02. The lowest BCUT2D eigenvalue weighted by atomic mass is 9.93. The number of amides is 1. The Morgan fingerprint density at radius 1 is 1.27 bits per heavy atom. The molecule has 2 aromatic rings. The van der Waals surface area contributed by atoms with Gasteiger partial charge in [-0.3, -0.25) is 14.7 Å². The van der Waals surface area contributed by atoms with E-state index < -0.39 is 6.10 Å². The van der Waals surface area contributed by atoms with E-state index in [1.54, 1.807) is 6.07 Å². The van der Waals surface area contributed by atoms with E-state index in [4.69, 9.17) is 0 Å². The van der Waals surface area contributed by atoms with Crippen LogP contribution in [0.5, 0.6) is 0 Å². The molecule has 0 bridgehead atoms. The van der Waals surface area contributed by atoms with Gasteiger partial charge in [-0.25, -0.2) is 4.39 Å². The Morgan fingerprint density at radius 2 is 2.12 bits per heavy atom. The van der Waals surface area contributed by atoms with Crippen LogP contribution in [-0.4, -0.2) is 46.6 Å². The van der Waals surface area contributed by atoms with Gasteiger partial charge in [0, 0.05) is 36.9 Å². The molecule has 2 fully saturated rings. The summed E-state index contributed by atoms with van der Waals surface area (Å²) in [6.07, 6.45) is 2.40. The van der Waals surface area contributed by atoms with Gasteiger partial charge in [0.2, 0.25) is 5.91 Å². The van der Waals surface area contributed by atoms with Crippen LogP contribution in [0.2, 0.25) is 0 Å². The van der Waals surface area contributed by atoms with Crippen molar-refractivity contribution in [3.63, 3.8) is 0 Å². The molecule has 2 atom stereocenters. The predicted octanol–water partition coefficient (Wildman–Crippen LogP) is 2.08. The van der Waals surface area contributed by atoms with Crippen molar-refractivity contribution in [3.8, 4) is 0 Å². The number of aromatic nitrogens is 1. The Hall–Kier alpha value is -2.05. The number of aliphatic hydroxyl groups excluding tert-OH is 1. The Kier molecular flexibility index (Phi) is 4.87. The molecule has 1 amide bonds. The largest absolute Gasteiger partial charge is 0.391 e. The molecule has 2 heterocycles. The lowest BCUT2D eigenvalue weighted by Crippen LogP contribution is -2.47. The number of fused-ring (bicyclic) bond motifs is 1. The summed E-state index contributed by atoms with van der Waals surface area (Å²) in [5, 5.41) is 14.2. The molecule has 1 aromatic heterocycles. The number of benzene rings is 1. The molecular formula is C20H24FN3O2. The molecule has 1 saturated heterocycles. The van der Waals surface area contributed by atoms with E-state index in [0.717, 1.165) is 42.4 Å². The van der Waals surface area contributed by atoms with Crippen LogP contribution >= 0.6 is 0 Å². The van der Waals surface area contributed by atoms with E-state index in [0.29, 0.717) is 19.6 Å². The molecule has 138 valence electrons. The quantitative estimate of drug-likeness (QED) is 0.860. The first kappa shape index (κ1) is 17.4. The van der Waals surface area contributed by atoms with Crippen LogP contribution in [0.4, 0.5) is 4.39 Å². The average Bonchev–Trinajstić information content (AvgIpc) is 3.46. The van der Waals surface area contributed by atoms with Gasteiger partial charge in [-0.15, -0.1) is 0 Å². The fourth-order valence-corrected chi connectivity index (χ4v) is 3.60. The molecule has 0 radical (unpaired) electrons. The van der Waals surface area contributed by atoms with Crippen LogP contribution in [0.3, 0.4) is 0 Å². The lowest BCUT2D eigenvalue weighted by molar-refractivity contribution is -0.122. The second-order valence-corrected chi connectivity index (χ2v) is 7.51. The second-order valence-electron chi connectivity index (χ2n) is 7.51. The van der Waals surface area contributed by atoms with Crippen LogP contribution < -0.4 is 5.32 Å². The summed E-state index contributed by atoms with van der Waals surface area (Å²) in [7, 11) is 0. The number of piperidine rings is 1. The number of aliphatic hydroxyl groups is 1. The van der Waals surface area contributed by atoms with Crippen molar-refractivity contribution in [3.05, 3.63) is 41.8 Å². The molecule has 0 unspecified atom stereocenters. The zero-order chi connectivity index (χ0) is 18.1. The molecule has 2 N–H and O–H groups in total. The highest BCUT2D eigenvalue weighted by Crippen LogP contribution is 2.29. The summed E-state index contributed by atoms with van der Waals surface area (Å²) in [6.45, 7) is 2.66. The number of hydrogen-bond acceptors (Lipinski definition) is 4. The number of carbonyl (C=O) groups excluding carboxylic acids is 1. The fourth-order valence-electron chi connectivity index (χ4n) is 3.60. The number of carbonyl (C=O) groups is 1. The van der Waals surface area contributed by atoms with Gasteiger partial charge in [0.15, 0.2) is 0 Å². The topological polar surface area (TPSA) is 65.5 Å². The van der Waals surface area contributed by atoms with Gasteiger partial charge >= 0.3 is 0 Å². The third-order valence-electron chi connectivity index (χ3n) is 5.39. The highest BCUT2D eigenvalue weighted by atomic mass is 19.1. The number of β-amino-alcohol motifs (C(OH)–C–C–N with tert-alkyl or cyclic N) is 1. The monoisotopic (exact) mass is 357 g/mol. The number of nitrogens with one attached hydrogen (secondary N) is 1. The molecule has 26 heavy (non-hydrogen) atoms. The smallest absolute Gasteiger partial charge is 0.223 e. The van der Waals surface area contributed by atoms with E-state index in [9.17, 15) is 14.3 Å². The minimum atomic E-state index is -0.446. The Bertz CT molecular complexity index is 809. The summed E-state index contributed by atoms with van der Waals surface area (Å²) < 4.78 is 13.3. The maximum Gasteiger partial charge on any atom is 0.223 e. The van der Waals surface area contributed by atoms with Crippen LogP contribution in [0.25, 0.3) is 10.9 Å². The second kappa shape index (κ2) is 7.29. The molecular weight excluding hydrogens is 333 g/mol. The standard InChI is InChI=1S/C20H24FN3O2/c21-16-4-6-18-14(9-16)3-5-17(23-18)11-24-8-7-15(19(25)12-24)10-22-20(26)13-1-2-13/h3-6,9,13,15,19,25H,1-2,7-8,10-12H2,(H,22,26)/t15-,19+/m0/s1. The minimum absolute atomic E-state index is 0.112. The first-order valence-corrected chi connectivity index (χ1v) is 9.32. The molecule has 6 heteroatoms. The molecule has 1 aromatic carbocycles. The number of likely N-dealkylation sites (tertiary alicyclic amines) is 1. The van der Waals surface area contributed by atoms with Gasteiger partial charge in [0.25, 0.3) is 0 Å². The van der Waals surface area contributed by atoms with Crippen LogP contribution in [0, 0.1) is 17.7 Å². The zero-order valence-electron chi connectivity index (χ0n) is 14.7. The van der Waals surface area contributed by atoms with E-state index in [1.165, 1.54) is 12.1 Å². The maximum atomic E-state index is 13.3. The number of halogens is 1. The maximum absolute atomic E-state index is 13.3. The first-order chi connectivity index (χ1) is 12.6. The highest BCUT2D eigenvalue weighted by Gasteiger charge is 2.32. The number of pyridine rings is 1. The summed E-state index contributed by atoms with van der Waals surface area (Å²) in [5.41, 5.74) is 1.69. The Labute approximate surface area is 152 Å². The zero-order valence-corrected chi connectivity index (χ0v) is 14.7.